The van der Waals surface area contributed by atoms with Crippen LogP contribution in [0.5, 0.6) is 0 Å². The van der Waals surface area contributed by atoms with E-state index in [1.165, 1.54) is 0 Å². The zero-order valence-electron chi connectivity index (χ0n) is 9.81. The van der Waals surface area contributed by atoms with E-state index in [9.17, 15) is 4.79 Å². The molecule has 4 nitrogen and oxygen atoms in total. The highest BCUT2D eigenvalue weighted by Gasteiger charge is 2.27. The minimum absolute atomic E-state index is 0.216. The molecule has 0 aromatic carbocycles. The smallest absolute Gasteiger partial charge is 0.223 e. The summed E-state index contributed by atoms with van der Waals surface area (Å²) in [6, 6.07) is 0. The molecule has 0 bridgehead atoms. The number of aryl methyl sites for hydroxylation is 1. The van der Waals surface area contributed by atoms with Gasteiger partial charge in [0.25, 0.3) is 0 Å². The number of nitrogens with zero attached hydrogens (tertiary/aromatic N) is 3. The quantitative estimate of drug-likeness (QED) is 0.718. The molecule has 1 aromatic heterocycles. The summed E-state index contributed by atoms with van der Waals surface area (Å²) in [5.74, 6) is 0.526. The highest BCUT2D eigenvalue weighted by molar-refractivity contribution is 5.79. The lowest BCUT2D eigenvalue weighted by molar-refractivity contribution is -0.128. The molecule has 1 fully saturated rings. The molecular formula is C12H17N3O. The molecule has 1 aromatic rings. The molecule has 1 aliphatic rings. The third-order valence-electron chi connectivity index (χ3n) is 3.28. The summed E-state index contributed by atoms with van der Waals surface area (Å²) in [5.41, 5.74) is 2.25. The molecule has 0 aliphatic carbocycles. The first-order valence-electron chi connectivity index (χ1n) is 5.49. The van der Waals surface area contributed by atoms with Crippen LogP contribution in [-0.4, -0.2) is 27.1 Å². The average molecular weight is 219 g/mol. The minimum atomic E-state index is 0.216. The third-order valence-corrected chi connectivity index (χ3v) is 3.28. The van der Waals surface area contributed by atoms with Crippen LogP contribution in [0.3, 0.4) is 0 Å². The van der Waals surface area contributed by atoms with Gasteiger partial charge in [-0.1, -0.05) is 6.08 Å². The van der Waals surface area contributed by atoms with Crippen molar-refractivity contribution < 1.29 is 4.79 Å². The number of rotatable bonds is 3. The number of carbonyl (C=O) groups is 1. The predicted octanol–water partition coefficient (Wildman–Crippen LogP) is 1.26. The molecule has 0 saturated carbocycles. The molecule has 1 aliphatic heterocycles. The Morgan fingerprint density at radius 3 is 2.94 bits per heavy atom. The van der Waals surface area contributed by atoms with E-state index in [0.717, 1.165) is 17.8 Å². The van der Waals surface area contributed by atoms with Gasteiger partial charge in [-0.15, -0.1) is 6.58 Å². The molecule has 1 saturated heterocycles. The lowest BCUT2D eigenvalue weighted by Gasteiger charge is -2.15. The molecule has 1 atom stereocenters. The second kappa shape index (κ2) is 4.12. The van der Waals surface area contributed by atoms with Crippen molar-refractivity contribution in [3.05, 3.63) is 30.1 Å². The van der Waals surface area contributed by atoms with E-state index in [1.54, 1.807) is 0 Å². The zero-order chi connectivity index (χ0) is 11.7. The summed E-state index contributed by atoms with van der Waals surface area (Å²) in [6.07, 6.45) is 4.31. The van der Waals surface area contributed by atoms with Gasteiger partial charge in [0.15, 0.2) is 0 Å². The SMILES string of the molecule is C=CC1CC(=O)N(Cc2cnn(C)c2C)C1. The van der Waals surface area contributed by atoms with Gasteiger partial charge in [-0.3, -0.25) is 9.48 Å². The zero-order valence-corrected chi connectivity index (χ0v) is 9.81. The summed E-state index contributed by atoms with van der Waals surface area (Å²) >= 11 is 0. The third kappa shape index (κ3) is 1.87. The van der Waals surface area contributed by atoms with Gasteiger partial charge in [0, 0.05) is 43.7 Å². The van der Waals surface area contributed by atoms with Crippen LogP contribution in [0.15, 0.2) is 18.9 Å². The highest BCUT2D eigenvalue weighted by atomic mass is 16.2. The second-order valence-corrected chi connectivity index (χ2v) is 4.35. The maximum absolute atomic E-state index is 11.7. The number of likely N-dealkylation sites (tertiary alicyclic amines) is 1. The summed E-state index contributed by atoms with van der Waals surface area (Å²) in [7, 11) is 1.91. The Labute approximate surface area is 95.5 Å². The molecule has 86 valence electrons. The van der Waals surface area contributed by atoms with Gasteiger partial charge >= 0.3 is 0 Å². The van der Waals surface area contributed by atoms with Crippen molar-refractivity contribution in [1.29, 1.82) is 0 Å². The predicted molar refractivity (Wildman–Crippen MR) is 61.7 cm³/mol. The van der Waals surface area contributed by atoms with Crippen LogP contribution >= 0.6 is 0 Å². The second-order valence-electron chi connectivity index (χ2n) is 4.35. The monoisotopic (exact) mass is 219 g/mol. The van der Waals surface area contributed by atoms with Crippen LogP contribution < -0.4 is 0 Å². The molecular weight excluding hydrogens is 202 g/mol. The Morgan fingerprint density at radius 2 is 2.44 bits per heavy atom. The standard InChI is InChI=1S/C12H17N3O/c1-4-10-5-12(16)15(7-10)8-11-6-13-14(3)9(11)2/h4,6,10H,1,5,7-8H2,2-3H3. The van der Waals surface area contributed by atoms with Gasteiger partial charge in [0.05, 0.1) is 6.20 Å². The van der Waals surface area contributed by atoms with Crippen molar-refractivity contribution in [3.63, 3.8) is 0 Å². The van der Waals surface area contributed by atoms with Crippen molar-refractivity contribution in [1.82, 2.24) is 14.7 Å². The Bertz CT molecular complexity index is 422. The Hall–Kier alpha value is -1.58. The van der Waals surface area contributed by atoms with E-state index in [1.807, 2.05) is 35.8 Å². The fourth-order valence-corrected chi connectivity index (χ4v) is 2.02. The largest absolute Gasteiger partial charge is 0.338 e. The van der Waals surface area contributed by atoms with Gasteiger partial charge in [0.1, 0.15) is 0 Å². The average Bonchev–Trinajstić information content (AvgIpc) is 2.77. The highest BCUT2D eigenvalue weighted by Crippen LogP contribution is 2.21. The summed E-state index contributed by atoms with van der Waals surface area (Å²) < 4.78 is 1.83. The van der Waals surface area contributed by atoms with Crippen LogP contribution in [0.2, 0.25) is 0 Å². The lowest BCUT2D eigenvalue weighted by Crippen LogP contribution is -2.24. The Balaban J connectivity index is 2.08. The van der Waals surface area contributed by atoms with Crippen molar-refractivity contribution in [2.24, 2.45) is 13.0 Å². The van der Waals surface area contributed by atoms with Gasteiger partial charge in [-0.2, -0.15) is 5.10 Å². The Kier molecular flexibility index (Phi) is 2.81. The topological polar surface area (TPSA) is 38.1 Å². The normalized spacial score (nSPS) is 20.5. The van der Waals surface area contributed by atoms with E-state index < -0.39 is 0 Å². The molecule has 0 spiro atoms. The first-order valence-corrected chi connectivity index (χ1v) is 5.49. The van der Waals surface area contributed by atoms with Crippen molar-refractivity contribution in [2.45, 2.75) is 19.9 Å². The number of hydrogen-bond donors (Lipinski definition) is 0. The molecule has 4 heteroatoms. The maximum Gasteiger partial charge on any atom is 0.223 e. The van der Waals surface area contributed by atoms with Crippen LogP contribution in [0.25, 0.3) is 0 Å². The van der Waals surface area contributed by atoms with Crippen molar-refractivity contribution in [3.8, 4) is 0 Å². The number of carbonyl (C=O) groups excluding carboxylic acids is 1. The van der Waals surface area contributed by atoms with Crippen LogP contribution in [-0.2, 0) is 18.4 Å². The molecule has 0 radical (unpaired) electrons. The molecule has 0 N–H and O–H groups in total. The van der Waals surface area contributed by atoms with Gasteiger partial charge < -0.3 is 4.90 Å². The van der Waals surface area contributed by atoms with E-state index in [2.05, 4.69) is 11.7 Å². The summed E-state index contributed by atoms with van der Waals surface area (Å²) in [5, 5.41) is 4.18. The van der Waals surface area contributed by atoms with Crippen LogP contribution in [0.1, 0.15) is 17.7 Å². The van der Waals surface area contributed by atoms with Crippen molar-refractivity contribution in [2.75, 3.05) is 6.54 Å². The Morgan fingerprint density at radius 1 is 1.69 bits per heavy atom. The molecule has 2 heterocycles. The van der Waals surface area contributed by atoms with Gasteiger partial charge in [0.2, 0.25) is 5.91 Å². The van der Waals surface area contributed by atoms with Gasteiger partial charge in [-0.05, 0) is 6.92 Å². The number of amides is 1. The molecule has 1 unspecified atom stereocenters. The van der Waals surface area contributed by atoms with Crippen LogP contribution in [0.4, 0.5) is 0 Å². The molecule has 2 rings (SSSR count). The van der Waals surface area contributed by atoms with E-state index >= 15 is 0 Å². The summed E-state index contributed by atoms with van der Waals surface area (Å²) in [6.45, 7) is 7.22. The fraction of sp³-hybridized carbons (Fsp3) is 0.500. The van der Waals surface area contributed by atoms with Crippen LogP contribution in [0, 0.1) is 12.8 Å². The lowest BCUT2D eigenvalue weighted by atomic mass is 10.1. The first-order chi connectivity index (χ1) is 7.61. The van der Waals surface area contributed by atoms with E-state index in [0.29, 0.717) is 18.9 Å². The fourth-order valence-electron chi connectivity index (χ4n) is 2.02. The first kappa shape index (κ1) is 10.9. The minimum Gasteiger partial charge on any atom is -0.338 e. The van der Waals surface area contributed by atoms with Gasteiger partial charge in [-0.25, -0.2) is 0 Å². The molecule has 1 amide bonds. The molecule has 16 heavy (non-hydrogen) atoms. The maximum atomic E-state index is 11.7. The van der Waals surface area contributed by atoms with Crippen molar-refractivity contribution >= 4 is 5.91 Å². The van der Waals surface area contributed by atoms with E-state index in [4.69, 9.17) is 0 Å². The summed E-state index contributed by atoms with van der Waals surface area (Å²) in [4.78, 5) is 13.6. The van der Waals surface area contributed by atoms with E-state index in [-0.39, 0.29) is 5.91 Å². The number of hydrogen-bond acceptors (Lipinski definition) is 2. The number of aromatic nitrogens is 2.